The fraction of sp³-hybridized carbons (Fsp3) is 0.562. The van der Waals surface area contributed by atoms with Crippen molar-refractivity contribution in [3.63, 3.8) is 0 Å². The first kappa shape index (κ1) is 14.3. The molecule has 2 atom stereocenters. The lowest BCUT2D eigenvalue weighted by Crippen LogP contribution is -2.48. The Bertz CT molecular complexity index is 534. The lowest BCUT2D eigenvalue weighted by molar-refractivity contribution is -0.136. The van der Waals surface area contributed by atoms with Gasteiger partial charge >= 0.3 is 0 Å². The SMILES string of the molecule is COc1ccc(CC(=O)N2C3CCC2CC(O)C3)cc1F. The van der Waals surface area contributed by atoms with E-state index < -0.39 is 5.82 Å². The molecule has 0 spiro atoms. The van der Waals surface area contributed by atoms with Crippen LogP contribution in [0.4, 0.5) is 4.39 Å². The van der Waals surface area contributed by atoms with E-state index in [9.17, 15) is 14.3 Å². The van der Waals surface area contributed by atoms with Crippen LogP contribution in [0.3, 0.4) is 0 Å². The van der Waals surface area contributed by atoms with E-state index in [-0.39, 0.29) is 36.3 Å². The Labute approximate surface area is 123 Å². The van der Waals surface area contributed by atoms with Crippen LogP contribution in [0, 0.1) is 5.82 Å². The maximum Gasteiger partial charge on any atom is 0.227 e. The summed E-state index contributed by atoms with van der Waals surface area (Å²) in [5, 5.41) is 9.77. The number of amides is 1. The number of hydrogen-bond donors (Lipinski definition) is 1. The van der Waals surface area contributed by atoms with Crippen LogP contribution >= 0.6 is 0 Å². The van der Waals surface area contributed by atoms with Gasteiger partial charge in [-0.3, -0.25) is 4.79 Å². The van der Waals surface area contributed by atoms with Crippen molar-refractivity contribution in [3.8, 4) is 5.75 Å². The van der Waals surface area contributed by atoms with Crippen LogP contribution in [0.15, 0.2) is 18.2 Å². The van der Waals surface area contributed by atoms with Crippen LogP contribution in [0.2, 0.25) is 0 Å². The fourth-order valence-corrected chi connectivity index (χ4v) is 3.64. The first-order valence-electron chi connectivity index (χ1n) is 7.40. The number of piperidine rings is 1. The molecule has 2 saturated heterocycles. The second-order valence-electron chi connectivity index (χ2n) is 5.96. The highest BCUT2D eigenvalue weighted by Crippen LogP contribution is 2.36. The van der Waals surface area contributed by atoms with Crippen molar-refractivity contribution in [3.05, 3.63) is 29.6 Å². The third-order valence-corrected chi connectivity index (χ3v) is 4.57. The summed E-state index contributed by atoms with van der Waals surface area (Å²) in [5.74, 6) is -0.230. The van der Waals surface area contributed by atoms with Gasteiger partial charge in [-0.2, -0.15) is 0 Å². The molecule has 2 heterocycles. The van der Waals surface area contributed by atoms with Crippen molar-refractivity contribution in [2.75, 3.05) is 7.11 Å². The Hall–Kier alpha value is -1.62. The molecule has 1 aromatic carbocycles. The second kappa shape index (κ2) is 5.64. The van der Waals surface area contributed by atoms with Gasteiger partial charge in [0.25, 0.3) is 0 Å². The van der Waals surface area contributed by atoms with Gasteiger partial charge in [-0.1, -0.05) is 6.07 Å². The van der Waals surface area contributed by atoms with E-state index in [0.29, 0.717) is 18.4 Å². The highest BCUT2D eigenvalue weighted by atomic mass is 19.1. The van der Waals surface area contributed by atoms with Crippen molar-refractivity contribution in [1.29, 1.82) is 0 Å². The lowest BCUT2D eigenvalue weighted by Gasteiger charge is -2.37. The number of halogens is 1. The lowest BCUT2D eigenvalue weighted by atomic mass is 9.98. The van der Waals surface area contributed by atoms with E-state index >= 15 is 0 Å². The molecule has 2 aliphatic heterocycles. The molecule has 3 rings (SSSR count). The van der Waals surface area contributed by atoms with Gasteiger partial charge in [0.05, 0.1) is 19.6 Å². The van der Waals surface area contributed by atoms with Crippen molar-refractivity contribution < 1.29 is 19.0 Å². The Morgan fingerprint density at radius 2 is 2.05 bits per heavy atom. The van der Waals surface area contributed by atoms with Crippen molar-refractivity contribution in [2.45, 2.75) is 50.3 Å². The number of rotatable bonds is 3. The maximum atomic E-state index is 13.7. The van der Waals surface area contributed by atoms with E-state index in [4.69, 9.17) is 4.74 Å². The monoisotopic (exact) mass is 293 g/mol. The van der Waals surface area contributed by atoms with Crippen LogP contribution in [-0.4, -0.2) is 41.2 Å². The van der Waals surface area contributed by atoms with Crippen LogP contribution < -0.4 is 4.74 Å². The molecule has 5 heteroatoms. The third-order valence-electron chi connectivity index (χ3n) is 4.57. The van der Waals surface area contributed by atoms with Gasteiger partial charge < -0.3 is 14.7 Å². The third kappa shape index (κ3) is 2.75. The Balaban J connectivity index is 1.71. The Morgan fingerprint density at radius 1 is 1.38 bits per heavy atom. The molecule has 0 aliphatic carbocycles. The highest BCUT2D eigenvalue weighted by Gasteiger charge is 2.42. The number of fused-ring (bicyclic) bond motifs is 2. The number of methoxy groups -OCH3 is 1. The molecule has 1 N–H and O–H groups in total. The minimum absolute atomic E-state index is 0.0268. The minimum Gasteiger partial charge on any atom is -0.494 e. The summed E-state index contributed by atoms with van der Waals surface area (Å²) in [6, 6.07) is 4.92. The molecule has 1 amide bonds. The van der Waals surface area contributed by atoms with Crippen LogP contribution in [0.1, 0.15) is 31.2 Å². The molecule has 0 aromatic heterocycles. The van der Waals surface area contributed by atoms with Crippen LogP contribution in [0.5, 0.6) is 5.75 Å². The number of carbonyl (C=O) groups is 1. The highest BCUT2D eigenvalue weighted by molar-refractivity contribution is 5.80. The number of ether oxygens (including phenoxy) is 1. The van der Waals surface area contributed by atoms with E-state index in [0.717, 1.165) is 12.8 Å². The van der Waals surface area contributed by atoms with Gasteiger partial charge in [0.1, 0.15) is 0 Å². The summed E-state index contributed by atoms with van der Waals surface area (Å²) in [5.41, 5.74) is 0.656. The van der Waals surface area contributed by atoms with E-state index in [2.05, 4.69) is 0 Å². The van der Waals surface area contributed by atoms with E-state index in [1.165, 1.54) is 13.2 Å². The van der Waals surface area contributed by atoms with E-state index in [1.54, 1.807) is 12.1 Å². The number of benzene rings is 1. The summed E-state index contributed by atoms with van der Waals surface area (Å²) in [7, 11) is 1.42. The fourth-order valence-electron chi connectivity index (χ4n) is 3.64. The van der Waals surface area contributed by atoms with E-state index in [1.807, 2.05) is 4.90 Å². The number of aliphatic hydroxyl groups is 1. The normalized spacial score (nSPS) is 27.8. The predicted molar refractivity (Wildman–Crippen MR) is 75.6 cm³/mol. The summed E-state index contributed by atoms with van der Waals surface area (Å²) < 4.78 is 18.6. The number of hydrogen-bond acceptors (Lipinski definition) is 3. The molecule has 0 radical (unpaired) electrons. The number of aliphatic hydroxyl groups excluding tert-OH is 1. The van der Waals surface area contributed by atoms with Gasteiger partial charge in [0, 0.05) is 12.1 Å². The smallest absolute Gasteiger partial charge is 0.227 e. The first-order valence-corrected chi connectivity index (χ1v) is 7.40. The van der Waals surface area contributed by atoms with Crippen LogP contribution in [0.25, 0.3) is 0 Å². The zero-order valence-electron chi connectivity index (χ0n) is 12.1. The van der Waals surface area contributed by atoms with Crippen molar-refractivity contribution in [2.24, 2.45) is 0 Å². The zero-order valence-corrected chi connectivity index (χ0v) is 12.1. The first-order chi connectivity index (χ1) is 10.1. The summed E-state index contributed by atoms with van der Waals surface area (Å²) >= 11 is 0. The molecule has 2 unspecified atom stereocenters. The van der Waals surface area contributed by atoms with Gasteiger partial charge in [-0.15, -0.1) is 0 Å². The molecular formula is C16H20FNO3. The van der Waals surface area contributed by atoms with Crippen LogP contribution in [-0.2, 0) is 11.2 Å². The molecule has 2 aliphatic rings. The largest absolute Gasteiger partial charge is 0.494 e. The Morgan fingerprint density at radius 3 is 2.62 bits per heavy atom. The average Bonchev–Trinajstić information content (AvgIpc) is 2.71. The van der Waals surface area contributed by atoms with Gasteiger partial charge in [0.15, 0.2) is 11.6 Å². The molecule has 2 fully saturated rings. The molecule has 0 saturated carbocycles. The standard InChI is InChI=1S/C16H20FNO3/c1-21-15-5-2-10(6-14(15)17)7-16(20)18-11-3-4-12(18)9-13(19)8-11/h2,5-6,11-13,19H,3-4,7-9H2,1H3. The summed E-state index contributed by atoms with van der Waals surface area (Å²) in [6.45, 7) is 0. The molecule has 2 bridgehead atoms. The topological polar surface area (TPSA) is 49.8 Å². The maximum absolute atomic E-state index is 13.7. The minimum atomic E-state index is -0.445. The van der Waals surface area contributed by atoms with Crippen molar-refractivity contribution >= 4 is 5.91 Å². The summed E-state index contributed by atoms with van der Waals surface area (Å²) in [6.07, 6.45) is 3.17. The molecule has 1 aromatic rings. The summed E-state index contributed by atoms with van der Waals surface area (Å²) in [4.78, 5) is 14.4. The quantitative estimate of drug-likeness (QED) is 0.926. The molecule has 4 nitrogen and oxygen atoms in total. The number of nitrogens with zero attached hydrogens (tertiary/aromatic N) is 1. The van der Waals surface area contributed by atoms with Gasteiger partial charge in [0.2, 0.25) is 5.91 Å². The zero-order chi connectivity index (χ0) is 15.0. The Kier molecular flexibility index (Phi) is 3.85. The molecule has 114 valence electrons. The van der Waals surface area contributed by atoms with Gasteiger partial charge in [-0.05, 0) is 43.4 Å². The second-order valence-corrected chi connectivity index (χ2v) is 5.96. The van der Waals surface area contributed by atoms with Gasteiger partial charge in [-0.25, -0.2) is 4.39 Å². The average molecular weight is 293 g/mol. The number of carbonyl (C=O) groups excluding carboxylic acids is 1. The molecule has 21 heavy (non-hydrogen) atoms. The molecular weight excluding hydrogens is 273 g/mol. The predicted octanol–water partition coefficient (Wildman–Crippen LogP) is 1.89. The van der Waals surface area contributed by atoms with Crippen molar-refractivity contribution in [1.82, 2.24) is 4.90 Å².